The predicted molar refractivity (Wildman–Crippen MR) is 63.4 cm³/mol. The van der Waals surface area contributed by atoms with Crippen LogP contribution < -0.4 is 10.6 Å². The first-order valence-corrected chi connectivity index (χ1v) is 5.87. The third kappa shape index (κ3) is 3.89. The molecule has 0 radical (unpaired) electrons. The zero-order valence-electron chi connectivity index (χ0n) is 9.48. The van der Waals surface area contributed by atoms with Crippen LogP contribution in [0.25, 0.3) is 0 Å². The normalized spacial score (nSPS) is 20.9. The molecule has 0 amide bonds. The molecule has 0 spiro atoms. The zero-order chi connectivity index (χ0) is 11.1. The maximum Gasteiger partial charge on any atom is 0.0824 e. The predicted octanol–water partition coefficient (Wildman–Crippen LogP) is 0.202. The highest BCUT2D eigenvalue weighted by Gasteiger charge is 2.11. The van der Waals surface area contributed by atoms with Crippen molar-refractivity contribution in [1.82, 2.24) is 15.6 Å². The minimum absolute atomic E-state index is 0.325. The van der Waals surface area contributed by atoms with E-state index in [0.29, 0.717) is 6.10 Å². The van der Waals surface area contributed by atoms with Gasteiger partial charge >= 0.3 is 0 Å². The largest absolute Gasteiger partial charge is 0.374 e. The lowest BCUT2D eigenvalue weighted by atomic mass is 10.2. The van der Waals surface area contributed by atoms with Gasteiger partial charge in [0.15, 0.2) is 0 Å². The van der Waals surface area contributed by atoms with E-state index >= 15 is 0 Å². The quantitative estimate of drug-likeness (QED) is 0.697. The highest BCUT2D eigenvalue weighted by Crippen LogP contribution is 1.97. The van der Waals surface area contributed by atoms with Crippen molar-refractivity contribution in [3.63, 3.8) is 0 Å². The Morgan fingerprint density at radius 1 is 1.44 bits per heavy atom. The molecule has 0 saturated carbocycles. The molecule has 1 atom stereocenters. The van der Waals surface area contributed by atoms with Crippen LogP contribution >= 0.6 is 0 Å². The number of hydrogen-bond acceptors (Lipinski definition) is 4. The molecule has 16 heavy (non-hydrogen) atoms. The molecule has 1 unspecified atom stereocenters. The van der Waals surface area contributed by atoms with Gasteiger partial charge in [0.25, 0.3) is 0 Å². The van der Waals surface area contributed by atoms with Crippen LogP contribution in [0.1, 0.15) is 5.56 Å². The number of ether oxygens (including phenoxy) is 1. The number of rotatable bonds is 5. The van der Waals surface area contributed by atoms with Crippen LogP contribution in [0.5, 0.6) is 0 Å². The summed E-state index contributed by atoms with van der Waals surface area (Å²) < 4.78 is 5.60. The van der Waals surface area contributed by atoms with Crippen LogP contribution in [0.2, 0.25) is 0 Å². The molecular weight excluding hydrogens is 202 g/mol. The van der Waals surface area contributed by atoms with E-state index in [2.05, 4.69) is 27.8 Å². The average Bonchev–Trinajstić information content (AvgIpc) is 2.37. The van der Waals surface area contributed by atoms with Gasteiger partial charge in [-0.3, -0.25) is 4.98 Å². The first kappa shape index (κ1) is 11.5. The molecule has 88 valence electrons. The molecule has 1 aromatic rings. The summed E-state index contributed by atoms with van der Waals surface area (Å²) in [6.45, 7) is 4.69. The molecule has 4 heteroatoms. The summed E-state index contributed by atoms with van der Waals surface area (Å²) >= 11 is 0. The highest BCUT2D eigenvalue weighted by atomic mass is 16.5. The van der Waals surface area contributed by atoms with Crippen molar-refractivity contribution in [1.29, 1.82) is 0 Å². The van der Waals surface area contributed by atoms with E-state index in [-0.39, 0.29) is 0 Å². The molecule has 2 N–H and O–H groups in total. The van der Waals surface area contributed by atoms with Crippen molar-refractivity contribution in [2.24, 2.45) is 0 Å². The molecular formula is C12H19N3O. The van der Waals surface area contributed by atoms with E-state index in [9.17, 15) is 0 Å². The monoisotopic (exact) mass is 221 g/mol. The van der Waals surface area contributed by atoms with Gasteiger partial charge in [0.2, 0.25) is 0 Å². The number of pyridine rings is 1. The Labute approximate surface area is 96.4 Å². The summed E-state index contributed by atoms with van der Waals surface area (Å²) in [6, 6.07) is 4.11. The van der Waals surface area contributed by atoms with Crippen LogP contribution in [0, 0.1) is 0 Å². The third-order valence-corrected chi connectivity index (χ3v) is 2.72. The van der Waals surface area contributed by atoms with Crippen molar-refractivity contribution >= 4 is 0 Å². The fraction of sp³-hybridized carbons (Fsp3) is 0.583. The average molecular weight is 221 g/mol. The minimum Gasteiger partial charge on any atom is -0.374 e. The van der Waals surface area contributed by atoms with E-state index in [4.69, 9.17) is 4.74 Å². The molecule has 1 aliphatic heterocycles. The van der Waals surface area contributed by atoms with E-state index in [1.54, 1.807) is 0 Å². The molecule has 1 aliphatic rings. The molecule has 2 heterocycles. The van der Waals surface area contributed by atoms with Crippen molar-refractivity contribution in [3.8, 4) is 0 Å². The van der Waals surface area contributed by atoms with E-state index in [1.807, 2.05) is 12.4 Å². The summed E-state index contributed by atoms with van der Waals surface area (Å²) in [5.41, 5.74) is 1.32. The summed E-state index contributed by atoms with van der Waals surface area (Å²) in [4.78, 5) is 4.00. The van der Waals surface area contributed by atoms with E-state index in [1.165, 1.54) is 5.56 Å². The van der Waals surface area contributed by atoms with Crippen molar-refractivity contribution in [3.05, 3.63) is 30.1 Å². The first-order valence-electron chi connectivity index (χ1n) is 5.87. The summed E-state index contributed by atoms with van der Waals surface area (Å²) in [7, 11) is 0. The second-order valence-corrected chi connectivity index (χ2v) is 4.01. The SMILES string of the molecule is c1cc(CCNCC2CNCCO2)ccn1. The maximum atomic E-state index is 5.60. The molecule has 1 aromatic heterocycles. The molecule has 1 saturated heterocycles. The standard InChI is InChI=1S/C12H19N3O/c1-4-13-5-2-11(1)3-6-14-9-12-10-15-7-8-16-12/h1-2,4-5,12,14-15H,3,6-10H2. The van der Waals surface area contributed by atoms with E-state index in [0.717, 1.165) is 39.2 Å². The Morgan fingerprint density at radius 2 is 2.31 bits per heavy atom. The van der Waals surface area contributed by atoms with Gasteiger partial charge in [0, 0.05) is 32.0 Å². The molecule has 0 aromatic carbocycles. The van der Waals surface area contributed by atoms with Gasteiger partial charge in [-0.2, -0.15) is 0 Å². The topological polar surface area (TPSA) is 46.2 Å². The van der Waals surface area contributed by atoms with Crippen molar-refractivity contribution in [2.45, 2.75) is 12.5 Å². The van der Waals surface area contributed by atoms with Crippen LogP contribution in [-0.4, -0.2) is 43.9 Å². The van der Waals surface area contributed by atoms with Gasteiger partial charge in [0.1, 0.15) is 0 Å². The fourth-order valence-electron chi connectivity index (χ4n) is 1.80. The van der Waals surface area contributed by atoms with Crippen LogP contribution in [0.4, 0.5) is 0 Å². The van der Waals surface area contributed by atoms with Gasteiger partial charge in [-0.25, -0.2) is 0 Å². The molecule has 1 fully saturated rings. The van der Waals surface area contributed by atoms with Crippen molar-refractivity contribution in [2.75, 3.05) is 32.8 Å². The Kier molecular flexibility index (Phi) is 4.73. The van der Waals surface area contributed by atoms with Gasteiger partial charge in [-0.05, 0) is 30.7 Å². The lowest BCUT2D eigenvalue weighted by molar-refractivity contribution is 0.0294. The Balaban J connectivity index is 1.58. The molecule has 0 aliphatic carbocycles. The molecule has 0 bridgehead atoms. The number of nitrogens with zero attached hydrogens (tertiary/aromatic N) is 1. The maximum absolute atomic E-state index is 5.60. The Hall–Kier alpha value is -0.970. The first-order chi connectivity index (χ1) is 7.95. The molecule has 4 nitrogen and oxygen atoms in total. The Morgan fingerprint density at radius 3 is 3.06 bits per heavy atom. The lowest BCUT2D eigenvalue weighted by Crippen LogP contribution is -2.44. The highest BCUT2D eigenvalue weighted by molar-refractivity contribution is 5.09. The van der Waals surface area contributed by atoms with Crippen molar-refractivity contribution < 1.29 is 4.74 Å². The van der Waals surface area contributed by atoms with Gasteiger partial charge in [-0.15, -0.1) is 0 Å². The lowest BCUT2D eigenvalue weighted by Gasteiger charge is -2.23. The summed E-state index contributed by atoms with van der Waals surface area (Å²) in [5, 5.41) is 6.74. The summed E-state index contributed by atoms with van der Waals surface area (Å²) in [5.74, 6) is 0. The zero-order valence-corrected chi connectivity index (χ0v) is 9.48. The number of hydrogen-bond donors (Lipinski definition) is 2. The fourth-order valence-corrected chi connectivity index (χ4v) is 1.80. The number of aromatic nitrogens is 1. The summed E-state index contributed by atoms with van der Waals surface area (Å²) in [6.07, 6.45) is 5.04. The minimum atomic E-state index is 0.325. The Bertz CT molecular complexity index is 286. The molecule has 2 rings (SSSR count). The van der Waals surface area contributed by atoms with E-state index < -0.39 is 0 Å². The number of morpholine rings is 1. The second-order valence-electron chi connectivity index (χ2n) is 4.01. The third-order valence-electron chi connectivity index (χ3n) is 2.72. The smallest absolute Gasteiger partial charge is 0.0824 e. The van der Waals surface area contributed by atoms with Crippen LogP contribution in [-0.2, 0) is 11.2 Å². The number of nitrogens with one attached hydrogen (secondary N) is 2. The van der Waals surface area contributed by atoms with Gasteiger partial charge in [0.05, 0.1) is 12.7 Å². The van der Waals surface area contributed by atoms with Crippen LogP contribution in [0.3, 0.4) is 0 Å². The second kappa shape index (κ2) is 6.58. The van der Waals surface area contributed by atoms with Gasteiger partial charge < -0.3 is 15.4 Å². The van der Waals surface area contributed by atoms with Crippen LogP contribution in [0.15, 0.2) is 24.5 Å². The van der Waals surface area contributed by atoms with Gasteiger partial charge in [-0.1, -0.05) is 0 Å².